The van der Waals surface area contributed by atoms with Gasteiger partial charge in [-0.3, -0.25) is 4.79 Å². The lowest BCUT2D eigenvalue weighted by Gasteiger charge is -2.19. The number of halogens is 1. The number of rotatable bonds is 1. The summed E-state index contributed by atoms with van der Waals surface area (Å²) in [4.78, 5) is 17.7. The maximum absolute atomic E-state index is 12.0. The SMILES string of the molecule is N#CC1CCCN1C(=O)c1ccc(Br)nc1. The van der Waals surface area contributed by atoms with E-state index in [-0.39, 0.29) is 11.9 Å². The number of hydrogen-bond donors (Lipinski definition) is 0. The molecule has 2 heterocycles. The molecule has 1 fully saturated rings. The summed E-state index contributed by atoms with van der Waals surface area (Å²) in [6.07, 6.45) is 3.19. The number of aromatic nitrogens is 1. The lowest BCUT2D eigenvalue weighted by Crippen LogP contribution is -2.34. The lowest BCUT2D eigenvalue weighted by molar-refractivity contribution is 0.0764. The molecule has 2 rings (SSSR count). The van der Waals surface area contributed by atoms with Crippen LogP contribution in [0.15, 0.2) is 22.9 Å². The Labute approximate surface area is 102 Å². The Morgan fingerprint density at radius 3 is 3.06 bits per heavy atom. The fraction of sp³-hybridized carbons (Fsp3) is 0.364. The molecule has 1 aromatic rings. The fourth-order valence-corrected chi connectivity index (χ4v) is 2.05. The van der Waals surface area contributed by atoms with Crippen LogP contribution >= 0.6 is 15.9 Å². The standard InChI is InChI=1S/C11H10BrN3O/c12-10-4-3-8(7-14-10)11(16)15-5-1-2-9(15)6-13/h3-4,7,9H,1-2,5H2. The van der Waals surface area contributed by atoms with Gasteiger partial charge in [-0.2, -0.15) is 5.26 Å². The van der Waals surface area contributed by atoms with Crippen LogP contribution in [0.2, 0.25) is 0 Å². The van der Waals surface area contributed by atoms with Gasteiger partial charge in [-0.05, 0) is 40.9 Å². The largest absolute Gasteiger partial charge is 0.323 e. The second kappa shape index (κ2) is 4.62. The van der Waals surface area contributed by atoms with Crippen LogP contribution in [0.1, 0.15) is 23.2 Å². The molecule has 1 atom stereocenters. The molecular formula is C11H10BrN3O. The van der Waals surface area contributed by atoms with Crippen molar-refractivity contribution >= 4 is 21.8 Å². The zero-order valence-corrected chi connectivity index (χ0v) is 10.1. The van der Waals surface area contributed by atoms with Gasteiger partial charge in [0.15, 0.2) is 0 Å². The summed E-state index contributed by atoms with van der Waals surface area (Å²) in [7, 11) is 0. The Bertz CT molecular complexity index is 438. The Hall–Kier alpha value is -1.41. The van der Waals surface area contributed by atoms with Crippen molar-refractivity contribution in [2.24, 2.45) is 0 Å². The van der Waals surface area contributed by atoms with Crippen LogP contribution in [0.4, 0.5) is 0 Å². The van der Waals surface area contributed by atoms with Gasteiger partial charge in [0.05, 0.1) is 11.6 Å². The number of nitrogens with zero attached hydrogens (tertiary/aromatic N) is 3. The van der Waals surface area contributed by atoms with E-state index in [4.69, 9.17) is 5.26 Å². The quantitative estimate of drug-likeness (QED) is 0.739. The number of amides is 1. The van der Waals surface area contributed by atoms with E-state index in [0.29, 0.717) is 16.7 Å². The number of pyridine rings is 1. The van der Waals surface area contributed by atoms with Crippen molar-refractivity contribution in [3.05, 3.63) is 28.5 Å². The van der Waals surface area contributed by atoms with Crippen molar-refractivity contribution in [3.63, 3.8) is 0 Å². The molecule has 5 heteroatoms. The highest BCUT2D eigenvalue weighted by atomic mass is 79.9. The van der Waals surface area contributed by atoms with E-state index >= 15 is 0 Å². The van der Waals surface area contributed by atoms with Crippen LogP contribution in [0.25, 0.3) is 0 Å². The molecule has 1 aromatic heterocycles. The maximum atomic E-state index is 12.0. The fourth-order valence-electron chi connectivity index (χ4n) is 1.81. The Balaban J connectivity index is 2.19. The van der Waals surface area contributed by atoms with Crippen molar-refractivity contribution in [2.75, 3.05) is 6.54 Å². The number of hydrogen-bond acceptors (Lipinski definition) is 3. The van der Waals surface area contributed by atoms with Gasteiger partial charge >= 0.3 is 0 Å². The number of carbonyl (C=O) groups is 1. The van der Waals surface area contributed by atoms with Crippen LogP contribution in [-0.4, -0.2) is 28.4 Å². The molecule has 0 radical (unpaired) electrons. The van der Waals surface area contributed by atoms with Crippen molar-refractivity contribution < 1.29 is 4.79 Å². The third-order valence-corrected chi connectivity index (χ3v) is 3.11. The number of likely N-dealkylation sites (tertiary alicyclic amines) is 1. The molecule has 1 saturated heterocycles. The number of nitriles is 1. The summed E-state index contributed by atoms with van der Waals surface area (Å²) >= 11 is 3.22. The lowest BCUT2D eigenvalue weighted by atomic mass is 10.2. The molecule has 0 aromatic carbocycles. The van der Waals surface area contributed by atoms with Crippen molar-refractivity contribution in [1.29, 1.82) is 5.26 Å². The molecule has 1 aliphatic heterocycles. The molecule has 1 aliphatic rings. The van der Waals surface area contributed by atoms with Gasteiger partial charge in [-0.25, -0.2) is 4.98 Å². The smallest absolute Gasteiger partial charge is 0.256 e. The second-order valence-corrected chi connectivity index (χ2v) is 4.47. The third kappa shape index (κ3) is 2.07. The molecule has 0 spiro atoms. The average molecular weight is 280 g/mol. The zero-order valence-electron chi connectivity index (χ0n) is 8.56. The van der Waals surface area contributed by atoms with Crippen LogP contribution < -0.4 is 0 Å². The van der Waals surface area contributed by atoms with Gasteiger partial charge < -0.3 is 4.90 Å². The van der Waals surface area contributed by atoms with E-state index in [1.165, 1.54) is 6.20 Å². The van der Waals surface area contributed by atoms with Crippen LogP contribution in [0.5, 0.6) is 0 Å². The summed E-state index contributed by atoms with van der Waals surface area (Å²) in [6, 6.07) is 5.31. The Morgan fingerprint density at radius 1 is 1.62 bits per heavy atom. The molecule has 0 N–H and O–H groups in total. The van der Waals surface area contributed by atoms with E-state index in [9.17, 15) is 4.79 Å². The summed E-state index contributed by atoms with van der Waals surface area (Å²) < 4.78 is 0.697. The van der Waals surface area contributed by atoms with Gasteiger partial charge in [-0.15, -0.1) is 0 Å². The monoisotopic (exact) mass is 279 g/mol. The van der Waals surface area contributed by atoms with Crippen LogP contribution in [0.3, 0.4) is 0 Å². The molecule has 1 amide bonds. The maximum Gasteiger partial charge on any atom is 0.256 e. The van der Waals surface area contributed by atoms with E-state index in [1.807, 2.05) is 0 Å². The van der Waals surface area contributed by atoms with Crippen molar-refractivity contribution in [1.82, 2.24) is 9.88 Å². The molecule has 4 nitrogen and oxygen atoms in total. The first-order chi connectivity index (χ1) is 7.72. The van der Waals surface area contributed by atoms with Gasteiger partial charge in [0, 0.05) is 12.7 Å². The molecule has 16 heavy (non-hydrogen) atoms. The first-order valence-corrected chi connectivity index (χ1v) is 5.84. The van der Waals surface area contributed by atoms with Crippen LogP contribution in [-0.2, 0) is 0 Å². The summed E-state index contributed by atoms with van der Waals surface area (Å²) in [5.41, 5.74) is 0.533. The highest BCUT2D eigenvalue weighted by Gasteiger charge is 2.29. The van der Waals surface area contributed by atoms with E-state index in [2.05, 4.69) is 27.0 Å². The first kappa shape index (κ1) is 11.1. The Morgan fingerprint density at radius 2 is 2.44 bits per heavy atom. The average Bonchev–Trinajstić information content (AvgIpc) is 2.77. The molecule has 1 unspecified atom stereocenters. The van der Waals surface area contributed by atoms with E-state index in [1.54, 1.807) is 17.0 Å². The van der Waals surface area contributed by atoms with Gasteiger partial charge in [0.25, 0.3) is 5.91 Å². The minimum absolute atomic E-state index is 0.107. The van der Waals surface area contributed by atoms with E-state index in [0.717, 1.165) is 12.8 Å². The van der Waals surface area contributed by atoms with Gasteiger partial charge in [-0.1, -0.05) is 0 Å². The van der Waals surface area contributed by atoms with Crippen LogP contribution in [0, 0.1) is 11.3 Å². The third-order valence-electron chi connectivity index (χ3n) is 2.64. The normalized spacial score (nSPS) is 19.5. The van der Waals surface area contributed by atoms with Gasteiger partial charge in [0.2, 0.25) is 0 Å². The molecule has 0 aliphatic carbocycles. The topological polar surface area (TPSA) is 57.0 Å². The number of carbonyl (C=O) groups excluding carboxylic acids is 1. The van der Waals surface area contributed by atoms with Crippen molar-refractivity contribution in [3.8, 4) is 6.07 Å². The first-order valence-electron chi connectivity index (χ1n) is 5.04. The molecule has 0 bridgehead atoms. The summed E-state index contributed by atoms with van der Waals surface area (Å²) in [6.45, 7) is 0.660. The minimum atomic E-state index is -0.281. The summed E-state index contributed by atoms with van der Waals surface area (Å²) in [5.74, 6) is -0.107. The van der Waals surface area contributed by atoms with E-state index < -0.39 is 0 Å². The molecular weight excluding hydrogens is 270 g/mol. The summed E-state index contributed by atoms with van der Waals surface area (Å²) in [5, 5.41) is 8.91. The van der Waals surface area contributed by atoms with Crippen molar-refractivity contribution in [2.45, 2.75) is 18.9 Å². The predicted octanol–water partition coefficient (Wildman–Crippen LogP) is 1.97. The molecule has 0 saturated carbocycles. The predicted molar refractivity (Wildman–Crippen MR) is 61.6 cm³/mol. The zero-order chi connectivity index (χ0) is 11.5. The minimum Gasteiger partial charge on any atom is -0.323 e. The molecule has 82 valence electrons. The highest BCUT2D eigenvalue weighted by molar-refractivity contribution is 9.10. The van der Waals surface area contributed by atoms with Gasteiger partial charge in [0.1, 0.15) is 10.6 Å². The second-order valence-electron chi connectivity index (χ2n) is 3.66. The highest BCUT2D eigenvalue weighted by Crippen LogP contribution is 2.19. The Kier molecular flexibility index (Phi) is 3.20.